The zero-order chi connectivity index (χ0) is 27.1. The smallest absolute Gasteiger partial charge is 0.253 e. The molecule has 7 nitrogen and oxygen atoms in total. The molecule has 0 aliphatic carbocycles. The summed E-state index contributed by atoms with van der Waals surface area (Å²) < 4.78 is 26.5. The lowest BCUT2D eigenvalue weighted by Crippen LogP contribution is -2.53. The average molecular weight is 535 g/mol. The van der Waals surface area contributed by atoms with Crippen LogP contribution in [0.4, 0.5) is 5.69 Å². The Balaban J connectivity index is 1.73. The number of rotatable bonds is 10. The monoisotopic (exact) mass is 534 g/mol. The molecule has 38 heavy (non-hydrogen) atoms. The standard InChI is InChI=1S/C30H38N4O3S/c1-4-33(5-2)30(35)25-16-14-24(15-17-25)29(26-12-9-13-27(21-26)32-38(3,36)37)34-19-18-31-22-28(34)20-23-10-7-6-8-11-23/h6-17,21,28-29,31-32H,4-5,18-20,22H2,1-3H3. The fourth-order valence-electron chi connectivity index (χ4n) is 5.26. The van der Waals surface area contributed by atoms with Crippen molar-refractivity contribution in [1.82, 2.24) is 15.1 Å². The predicted molar refractivity (Wildman–Crippen MR) is 154 cm³/mol. The van der Waals surface area contributed by atoms with Gasteiger partial charge in [-0.1, -0.05) is 54.6 Å². The van der Waals surface area contributed by atoms with Crippen molar-refractivity contribution >= 4 is 21.6 Å². The van der Waals surface area contributed by atoms with Crippen molar-refractivity contribution in [2.75, 3.05) is 43.7 Å². The van der Waals surface area contributed by atoms with Crippen molar-refractivity contribution in [3.63, 3.8) is 0 Å². The zero-order valence-corrected chi connectivity index (χ0v) is 23.2. The third-order valence-corrected chi connectivity index (χ3v) is 7.68. The van der Waals surface area contributed by atoms with E-state index in [1.807, 2.05) is 61.2 Å². The molecule has 3 aromatic rings. The molecule has 4 rings (SSSR count). The highest BCUT2D eigenvalue weighted by Gasteiger charge is 2.31. The highest BCUT2D eigenvalue weighted by Crippen LogP contribution is 2.33. The van der Waals surface area contributed by atoms with Gasteiger partial charge >= 0.3 is 0 Å². The number of nitrogens with one attached hydrogen (secondary N) is 2. The maximum Gasteiger partial charge on any atom is 0.253 e. The lowest BCUT2D eigenvalue weighted by Gasteiger charge is -2.42. The molecule has 0 bridgehead atoms. The van der Waals surface area contributed by atoms with Gasteiger partial charge in [0.2, 0.25) is 10.0 Å². The molecular weight excluding hydrogens is 496 g/mol. The van der Waals surface area contributed by atoms with E-state index in [0.29, 0.717) is 24.3 Å². The van der Waals surface area contributed by atoms with Gasteiger partial charge in [-0.25, -0.2) is 8.42 Å². The van der Waals surface area contributed by atoms with Crippen molar-refractivity contribution < 1.29 is 13.2 Å². The molecule has 0 saturated carbocycles. The minimum absolute atomic E-state index is 0.0292. The van der Waals surface area contributed by atoms with Crippen LogP contribution in [0.15, 0.2) is 78.9 Å². The van der Waals surface area contributed by atoms with Crippen LogP contribution in [0, 0.1) is 0 Å². The van der Waals surface area contributed by atoms with Gasteiger partial charge in [0, 0.05) is 50.0 Å². The molecule has 1 amide bonds. The normalized spacial score (nSPS) is 17.1. The zero-order valence-electron chi connectivity index (χ0n) is 22.4. The van der Waals surface area contributed by atoms with Crippen molar-refractivity contribution in [2.24, 2.45) is 0 Å². The summed E-state index contributed by atoms with van der Waals surface area (Å²) in [5, 5.41) is 3.55. The number of benzene rings is 3. The van der Waals surface area contributed by atoms with Gasteiger partial charge in [0.05, 0.1) is 12.3 Å². The van der Waals surface area contributed by atoms with Crippen LogP contribution in [0.3, 0.4) is 0 Å². The molecule has 0 spiro atoms. The molecule has 1 aliphatic heterocycles. The summed E-state index contributed by atoms with van der Waals surface area (Å²) >= 11 is 0. The first-order chi connectivity index (χ1) is 18.3. The van der Waals surface area contributed by atoms with E-state index < -0.39 is 10.0 Å². The highest BCUT2D eigenvalue weighted by atomic mass is 32.2. The van der Waals surface area contributed by atoms with Gasteiger partial charge in [-0.3, -0.25) is 14.4 Å². The second kappa shape index (κ2) is 12.6. The van der Waals surface area contributed by atoms with Gasteiger partial charge in [-0.15, -0.1) is 0 Å². The van der Waals surface area contributed by atoms with Crippen molar-refractivity contribution in [3.8, 4) is 0 Å². The largest absolute Gasteiger partial charge is 0.339 e. The summed E-state index contributed by atoms with van der Waals surface area (Å²) in [5.41, 5.74) is 4.56. The van der Waals surface area contributed by atoms with Gasteiger partial charge in [-0.05, 0) is 61.2 Å². The van der Waals surface area contributed by atoms with E-state index in [1.54, 1.807) is 6.07 Å². The van der Waals surface area contributed by atoms with Crippen LogP contribution in [0.1, 0.15) is 46.9 Å². The second-order valence-corrected chi connectivity index (χ2v) is 11.5. The van der Waals surface area contributed by atoms with E-state index in [9.17, 15) is 13.2 Å². The van der Waals surface area contributed by atoms with Crippen LogP contribution >= 0.6 is 0 Å². The van der Waals surface area contributed by atoms with Crippen LogP contribution in [0.5, 0.6) is 0 Å². The molecule has 3 aromatic carbocycles. The van der Waals surface area contributed by atoms with E-state index in [-0.39, 0.29) is 18.0 Å². The van der Waals surface area contributed by atoms with E-state index in [1.165, 1.54) is 5.56 Å². The number of nitrogens with zero attached hydrogens (tertiary/aromatic N) is 2. The maximum absolute atomic E-state index is 12.9. The number of carbonyl (C=O) groups excluding carboxylic acids is 1. The summed E-state index contributed by atoms with van der Waals surface area (Å²) in [7, 11) is -3.40. The minimum Gasteiger partial charge on any atom is -0.339 e. The first-order valence-corrected chi connectivity index (χ1v) is 15.2. The molecule has 0 radical (unpaired) electrons. The Hall–Kier alpha value is -3.20. The summed E-state index contributed by atoms with van der Waals surface area (Å²) in [6, 6.07) is 26.2. The lowest BCUT2D eigenvalue weighted by molar-refractivity contribution is 0.0773. The molecule has 1 saturated heterocycles. The van der Waals surface area contributed by atoms with Crippen LogP contribution in [-0.4, -0.2) is 69.1 Å². The number of piperazine rings is 1. The minimum atomic E-state index is -3.40. The fourth-order valence-corrected chi connectivity index (χ4v) is 5.81. The van der Waals surface area contributed by atoms with Crippen LogP contribution in [0.2, 0.25) is 0 Å². The molecule has 1 fully saturated rings. The van der Waals surface area contributed by atoms with E-state index in [4.69, 9.17) is 0 Å². The van der Waals surface area contributed by atoms with Crippen LogP contribution < -0.4 is 10.0 Å². The topological polar surface area (TPSA) is 81.8 Å². The molecule has 202 valence electrons. The highest BCUT2D eigenvalue weighted by molar-refractivity contribution is 7.92. The summed E-state index contributed by atoms with van der Waals surface area (Å²) in [6.45, 7) is 7.86. The molecule has 8 heteroatoms. The van der Waals surface area contributed by atoms with Gasteiger partial charge < -0.3 is 10.2 Å². The third-order valence-electron chi connectivity index (χ3n) is 7.07. The molecular formula is C30H38N4O3S. The van der Waals surface area contributed by atoms with Crippen molar-refractivity contribution in [1.29, 1.82) is 0 Å². The molecule has 2 atom stereocenters. The van der Waals surface area contributed by atoms with Crippen molar-refractivity contribution in [2.45, 2.75) is 32.4 Å². The summed E-state index contributed by atoms with van der Waals surface area (Å²) in [4.78, 5) is 17.3. The lowest BCUT2D eigenvalue weighted by atomic mass is 9.92. The molecule has 2 unspecified atom stereocenters. The SMILES string of the molecule is CCN(CC)C(=O)c1ccc(C(c2cccc(NS(C)(=O)=O)c2)N2CCNCC2Cc2ccccc2)cc1. The average Bonchev–Trinajstić information content (AvgIpc) is 2.91. The number of anilines is 1. The van der Waals surface area contributed by atoms with Crippen molar-refractivity contribution in [3.05, 3.63) is 101 Å². The van der Waals surface area contributed by atoms with E-state index in [0.717, 1.165) is 43.4 Å². The van der Waals surface area contributed by atoms with Gasteiger partial charge in [-0.2, -0.15) is 0 Å². The number of carbonyl (C=O) groups is 1. The Morgan fingerprint density at radius 1 is 1.00 bits per heavy atom. The Kier molecular flexibility index (Phi) is 9.20. The molecule has 1 heterocycles. The Morgan fingerprint density at radius 2 is 1.71 bits per heavy atom. The fraction of sp³-hybridized carbons (Fsp3) is 0.367. The molecule has 0 aromatic heterocycles. The van der Waals surface area contributed by atoms with Gasteiger partial charge in [0.15, 0.2) is 0 Å². The molecule has 1 aliphatic rings. The number of hydrogen-bond donors (Lipinski definition) is 2. The Bertz CT molecular complexity index is 1310. The summed E-state index contributed by atoms with van der Waals surface area (Å²) in [6.07, 6.45) is 2.05. The predicted octanol–water partition coefficient (Wildman–Crippen LogP) is 4.15. The van der Waals surface area contributed by atoms with Crippen LogP contribution in [0.25, 0.3) is 0 Å². The van der Waals surface area contributed by atoms with Gasteiger partial charge in [0.1, 0.15) is 0 Å². The second-order valence-electron chi connectivity index (χ2n) is 9.79. The Morgan fingerprint density at radius 3 is 2.37 bits per heavy atom. The first-order valence-electron chi connectivity index (χ1n) is 13.3. The third kappa shape index (κ3) is 7.01. The number of sulfonamides is 1. The van der Waals surface area contributed by atoms with Gasteiger partial charge in [0.25, 0.3) is 5.91 Å². The number of hydrogen-bond acceptors (Lipinski definition) is 5. The summed E-state index contributed by atoms with van der Waals surface area (Å²) in [5.74, 6) is 0.0292. The van der Waals surface area contributed by atoms with Crippen LogP contribution in [-0.2, 0) is 16.4 Å². The van der Waals surface area contributed by atoms with E-state index >= 15 is 0 Å². The number of amides is 1. The first kappa shape index (κ1) is 27.8. The maximum atomic E-state index is 12.9. The molecule has 2 N–H and O–H groups in total. The quantitative estimate of drug-likeness (QED) is 0.409. The van der Waals surface area contributed by atoms with E-state index in [2.05, 4.69) is 45.3 Å². The Labute approximate surface area is 226 Å².